The van der Waals surface area contributed by atoms with Gasteiger partial charge in [-0.2, -0.15) is 42.3 Å². The van der Waals surface area contributed by atoms with Crippen LogP contribution in [0.4, 0.5) is 0 Å². The van der Waals surface area contributed by atoms with E-state index in [9.17, 15) is 0 Å². The molecule has 0 spiro atoms. The molecule has 0 aliphatic rings. The van der Waals surface area contributed by atoms with Gasteiger partial charge >= 0.3 is 62.8 Å². The topological polar surface area (TPSA) is 42.3 Å². The second-order valence-corrected chi connectivity index (χ2v) is 5.46. The summed E-state index contributed by atoms with van der Waals surface area (Å²) in [5.74, 6) is 0. The van der Waals surface area contributed by atoms with E-state index in [0.29, 0.717) is 0 Å². The monoisotopic (exact) mass is 357 g/mol. The summed E-state index contributed by atoms with van der Waals surface area (Å²) in [5.41, 5.74) is 4.83. The van der Waals surface area contributed by atoms with Gasteiger partial charge in [0.05, 0.1) is 0 Å². The number of hydrogen-bond donors (Lipinski definition) is 0. The van der Waals surface area contributed by atoms with E-state index in [1.165, 1.54) is 11.1 Å². The molecule has 0 aromatic rings. The first-order valence-corrected chi connectivity index (χ1v) is 8.20. The molecule has 134 valence electrons. The van der Waals surface area contributed by atoms with Crippen LogP contribution in [0.5, 0.6) is 0 Å². The molecule has 23 heavy (non-hydrogen) atoms. The number of allylic oxidation sites excluding steroid dienone is 5. The molecule has 0 atom stereocenters. The predicted octanol–water partition coefficient (Wildman–Crippen LogP) is 6.40. The molecule has 0 radical (unpaired) electrons. The van der Waals surface area contributed by atoms with Crippen LogP contribution in [-0.4, -0.2) is 42.3 Å². The first kappa shape index (κ1) is 34.0. The smallest absolute Gasteiger partial charge is 0.162 e. The van der Waals surface area contributed by atoms with Gasteiger partial charge in [0.25, 0.3) is 0 Å². The minimum Gasteiger partial charge on any atom is -0.668 e. The van der Waals surface area contributed by atoms with Crippen LogP contribution in [0, 0.1) is 0 Å². The Morgan fingerprint density at radius 3 is 0.957 bits per heavy atom. The number of rotatable bonds is 2. The van der Waals surface area contributed by atoms with E-state index >= 15 is 0 Å². The van der Waals surface area contributed by atoms with E-state index in [4.69, 9.17) is 0 Å². The van der Waals surface area contributed by atoms with Gasteiger partial charge in [-0.15, -0.1) is 0 Å². The maximum Gasteiger partial charge on any atom is -0.162 e. The normalized spacial score (nSPS) is 8.30. The van der Waals surface area contributed by atoms with E-state index in [-0.39, 0.29) is 0 Å². The van der Waals surface area contributed by atoms with Gasteiger partial charge < -0.3 is 16.0 Å². The fourth-order valence-electron chi connectivity index (χ4n) is 0.497. The van der Waals surface area contributed by atoms with Crippen molar-refractivity contribution in [2.75, 3.05) is 42.3 Å². The molecule has 0 amide bonds. The fourth-order valence-corrected chi connectivity index (χ4v) is 0.627. The summed E-state index contributed by atoms with van der Waals surface area (Å²) in [7, 11) is 10.5. The van der Waals surface area contributed by atoms with Gasteiger partial charge in [-0.25, -0.2) is 0 Å². The summed E-state index contributed by atoms with van der Waals surface area (Å²) in [6.07, 6.45) is 2.17. The van der Waals surface area contributed by atoms with Crippen molar-refractivity contribution < 1.29 is 20.4 Å². The molecule has 0 aliphatic carbocycles. The molecule has 0 saturated heterocycles. The number of hydrogen-bond acceptors (Lipinski definition) is 0. The summed E-state index contributed by atoms with van der Waals surface area (Å²) in [5, 5.41) is 10.5. The van der Waals surface area contributed by atoms with Crippen LogP contribution >= 0.6 is 0 Å². The average molecular weight is 357 g/mol. The van der Waals surface area contributed by atoms with Crippen molar-refractivity contribution in [2.24, 2.45) is 0 Å². The van der Waals surface area contributed by atoms with Crippen molar-refractivity contribution in [1.82, 2.24) is 0 Å². The second kappa shape index (κ2) is 33.2. The van der Waals surface area contributed by atoms with Crippen LogP contribution in [0.25, 0.3) is 16.0 Å². The van der Waals surface area contributed by atoms with Gasteiger partial charge in [-0.05, 0) is 13.8 Å². The third-order valence-electron chi connectivity index (χ3n) is 1.47. The Morgan fingerprint density at radius 1 is 0.696 bits per heavy atom. The van der Waals surface area contributed by atoms with Gasteiger partial charge in [-0.3, -0.25) is 0 Å². The van der Waals surface area contributed by atoms with Crippen LogP contribution in [-0.2, 0) is 20.4 Å². The van der Waals surface area contributed by atoms with E-state index in [0.717, 1.165) is 11.1 Å². The Kier molecular flexibility index (Phi) is 49.1. The van der Waals surface area contributed by atoms with Gasteiger partial charge in [-0.1, -0.05) is 24.3 Å². The molecule has 0 N–H and O–H groups in total. The van der Waals surface area contributed by atoms with Gasteiger partial charge in [0.2, 0.25) is 0 Å². The molecule has 0 bridgehead atoms. The van der Waals surface area contributed by atoms with Gasteiger partial charge in [0.15, 0.2) is 0 Å². The second-order valence-electron chi connectivity index (χ2n) is 5.01. The molecule has 0 aromatic heterocycles. The molecular weight excluding hydrogens is 318 g/mol. The Balaban J connectivity index is -0.0000000636. The van der Waals surface area contributed by atoms with Gasteiger partial charge in [0.1, 0.15) is 0 Å². The van der Waals surface area contributed by atoms with Crippen LogP contribution in [0.15, 0.2) is 45.9 Å². The van der Waals surface area contributed by atoms with Crippen molar-refractivity contribution in [2.45, 2.75) is 34.6 Å². The Labute approximate surface area is 159 Å². The van der Waals surface area contributed by atoms with Crippen LogP contribution < -0.4 is 0 Å². The van der Waals surface area contributed by atoms with Crippen molar-refractivity contribution in [1.29, 1.82) is 0 Å². The maximum atomic E-state index is 3.66. The Bertz CT molecular complexity index is 285. The Morgan fingerprint density at radius 2 is 0.913 bits per heavy atom. The average Bonchev–Trinajstić information content (AvgIpc) is 2.41. The SMILES string of the molecule is C=C(C)C(=C)C.CC(C)=CC(C)=[CH][Ti+3].C[N-]C.C[N-]C.C[N-]C. The summed E-state index contributed by atoms with van der Waals surface area (Å²) in [6.45, 7) is 17.5. The molecule has 3 nitrogen and oxygen atoms in total. The van der Waals surface area contributed by atoms with Crippen LogP contribution in [0.2, 0.25) is 0 Å². The quantitative estimate of drug-likeness (QED) is 0.405. The van der Waals surface area contributed by atoms with Crippen LogP contribution in [0.3, 0.4) is 0 Å². The van der Waals surface area contributed by atoms with Crippen molar-refractivity contribution >= 4 is 0 Å². The van der Waals surface area contributed by atoms with E-state index in [2.05, 4.69) is 80.8 Å². The molecule has 4 heteroatoms. The maximum absolute atomic E-state index is 3.66. The van der Waals surface area contributed by atoms with Crippen molar-refractivity contribution in [3.05, 3.63) is 61.9 Å². The minimum atomic E-state index is 1.06. The molecular formula is C19H39N3Ti. The summed E-state index contributed by atoms with van der Waals surface area (Å²) >= 11 is 2.05. The zero-order valence-electron chi connectivity index (χ0n) is 17.4. The zero-order chi connectivity index (χ0) is 19.8. The summed E-state index contributed by atoms with van der Waals surface area (Å²) < 4.78 is 2.10. The van der Waals surface area contributed by atoms with E-state index in [1.807, 2.05) is 13.8 Å². The molecule has 0 rings (SSSR count). The largest absolute Gasteiger partial charge is 0.668 e. The first-order valence-electron chi connectivity index (χ1n) is 7.30. The third-order valence-corrected chi connectivity index (χ3v) is 2.18. The van der Waals surface area contributed by atoms with E-state index in [1.54, 1.807) is 42.3 Å². The first-order chi connectivity index (χ1) is 10.5. The minimum absolute atomic E-state index is 1.06. The molecule has 0 aliphatic heterocycles. The molecule has 0 saturated carbocycles. The molecule has 0 heterocycles. The zero-order valence-corrected chi connectivity index (χ0v) is 19.0. The van der Waals surface area contributed by atoms with E-state index < -0.39 is 0 Å². The standard InChI is InChI=1S/C7H11.C6H10.3C2H6N.Ti/c1-6(2)5-7(3)4;1-5(2)6(3)4;3*1-3-2;/h1,5H,2-4H3;1,3H2,2,4H3;3*1-2H3;/q;;3*-1;+3. The third kappa shape index (κ3) is 90.3. The van der Waals surface area contributed by atoms with Crippen molar-refractivity contribution in [3.63, 3.8) is 0 Å². The molecule has 0 aromatic carbocycles. The molecule has 0 unspecified atom stereocenters. The fraction of sp³-hybridized carbons (Fsp3) is 0.579. The predicted molar refractivity (Wildman–Crippen MR) is 108 cm³/mol. The van der Waals surface area contributed by atoms with Crippen molar-refractivity contribution in [3.8, 4) is 0 Å². The Hall–Kier alpha value is -0.446. The van der Waals surface area contributed by atoms with Gasteiger partial charge in [0, 0.05) is 0 Å². The van der Waals surface area contributed by atoms with Crippen LogP contribution in [0.1, 0.15) is 34.6 Å². The molecule has 0 fully saturated rings. The summed E-state index contributed by atoms with van der Waals surface area (Å²) in [6, 6.07) is 0. The summed E-state index contributed by atoms with van der Waals surface area (Å²) in [4.78, 5) is 0. The number of nitrogens with zero attached hydrogens (tertiary/aromatic N) is 3.